The van der Waals surface area contributed by atoms with Crippen LogP contribution in [0.3, 0.4) is 0 Å². The van der Waals surface area contributed by atoms with Gasteiger partial charge in [-0.25, -0.2) is 0 Å². The summed E-state index contributed by atoms with van der Waals surface area (Å²) in [6.45, 7) is 7.79. The summed E-state index contributed by atoms with van der Waals surface area (Å²) in [6.07, 6.45) is -3.30. The molecule has 1 heterocycles. The molecule has 0 amide bonds. The second kappa shape index (κ2) is 14.8. The van der Waals surface area contributed by atoms with Crippen molar-refractivity contribution in [3.63, 3.8) is 0 Å². The smallest absolute Gasteiger partial charge is 0.303 e. The average Bonchev–Trinajstić information content (AvgIpc) is 2.68. The zero-order chi connectivity index (χ0) is 24.1. The van der Waals surface area contributed by atoms with Crippen molar-refractivity contribution in [1.82, 2.24) is 0 Å². The van der Waals surface area contributed by atoms with Crippen molar-refractivity contribution in [1.29, 1.82) is 0 Å². The van der Waals surface area contributed by atoms with Gasteiger partial charge >= 0.3 is 23.9 Å². The average molecular weight is 462 g/mol. The molecule has 0 radical (unpaired) electrons. The Kier molecular flexibility index (Phi) is 12.8. The SMILES string of the molecule is CCCCOCCCOC1OC(COC(C)=O)C(OC(C)=O)C(OC(C)=O)C1OC(C)=O. The van der Waals surface area contributed by atoms with Gasteiger partial charge in [0.2, 0.25) is 0 Å². The van der Waals surface area contributed by atoms with Crippen molar-refractivity contribution in [2.75, 3.05) is 26.4 Å². The van der Waals surface area contributed by atoms with Gasteiger partial charge < -0.3 is 33.2 Å². The molecule has 0 bridgehead atoms. The minimum absolute atomic E-state index is 0.194. The van der Waals surface area contributed by atoms with Gasteiger partial charge in [-0.05, 0) is 12.8 Å². The molecule has 0 aromatic rings. The molecule has 11 nitrogen and oxygen atoms in total. The number of rotatable bonds is 13. The van der Waals surface area contributed by atoms with E-state index < -0.39 is 54.6 Å². The lowest BCUT2D eigenvalue weighted by Crippen LogP contribution is -2.63. The molecule has 0 saturated carbocycles. The van der Waals surface area contributed by atoms with E-state index in [2.05, 4.69) is 6.92 Å². The second-order valence-corrected chi connectivity index (χ2v) is 7.26. The number of carbonyl (C=O) groups is 4. The molecule has 5 atom stereocenters. The van der Waals surface area contributed by atoms with Crippen LogP contribution in [0, 0.1) is 0 Å². The number of hydrogen-bond acceptors (Lipinski definition) is 11. The summed E-state index contributed by atoms with van der Waals surface area (Å²) in [6, 6.07) is 0. The Morgan fingerprint density at radius 1 is 0.719 bits per heavy atom. The Hall–Kier alpha value is -2.24. The minimum Gasteiger partial charge on any atom is -0.463 e. The van der Waals surface area contributed by atoms with Crippen LogP contribution in [-0.2, 0) is 52.3 Å². The highest BCUT2D eigenvalue weighted by atomic mass is 16.7. The fraction of sp³-hybridized carbons (Fsp3) is 0.810. The van der Waals surface area contributed by atoms with E-state index in [-0.39, 0.29) is 13.2 Å². The van der Waals surface area contributed by atoms with E-state index in [1.54, 1.807) is 0 Å². The Morgan fingerprint density at radius 2 is 1.28 bits per heavy atom. The Labute approximate surface area is 187 Å². The predicted octanol–water partition coefficient (Wildman–Crippen LogP) is 1.29. The van der Waals surface area contributed by atoms with Gasteiger partial charge in [-0.15, -0.1) is 0 Å². The lowest BCUT2D eigenvalue weighted by atomic mass is 9.98. The van der Waals surface area contributed by atoms with Crippen LogP contribution in [-0.4, -0.2) is 81.0 Å². The van der Waals surface area contributed by atoms with Gasteiger partial charge in [-0.1, -0.05) is 13.3 Å². The van der Waals surface area contributed by atoms with Gasteiger partial charge in [-0.2, -0.15) is 0 Å². The van der Waals surface area contributed by atoms with Gasteiger partial charge in [0.15, 0.2) is 24.6 Å². The van der Waals surface area contributed by atoms with Gasteiger partial charge in [0.1, 0.15) is 12.7 Å². The van der Waals surface area contributed by atoms with Crippen molar-refractivity contribution < 1.29 is 52.3 Å². The number of ether oxygens (including phenoxy) is 7. The third-order valence-corrected chi connectivity index (χ3v) is 4.31. The van der Waals surface area contributed by atoms with Crippen molar-refractivity contribution in [3.05, 3.63) is 0 Å². The molecule has 0 aliphatic carbocycles. The van der Waals surface area contributed by atoms with E-state index in [0.29, 0.717) is 19.6 Å². The highest BCUT2D eigenvalue weighted by molar-refractivity contribution is 5.68. The lowest BCUT2D eigenvalue weighted by molar-refractivity contribution is -0.308. The first-order chi connectivity index (χ1) is 15.1. The number of carbonyl (C=O) groups excluding carboxylic acids is 4. The molecule has 11 heteroatoms. The lowest BCUT2D eigenvalue weighted by Gasteiger charge is -2.44. The van der Waals surface area contributed by atoms with Crippen LogP contribution >= 0.6 is 0 Å². The highest BCUT2D eigenvalue weighted by Crippen LogP contribution is 2.30. The van der Waals surface area contributed by atoms with E-state index in [0.717, 1.165) is 26.7 Å². The Balaban J connectivity index is 3.01. The largest absolute Gasteiger partial charge is 0.463 e. The molecule has 0 N–H and O–H groups in total. The first-order valence-electron chi connectivity index (χ1n) is 10.7. The third kappa shape index (κ3) is 10.4. The fourth-order valence-corrected chi connectivity index (χ4v) is 3.03. The molecule has 0 aromatic heterocycles. The predicted molar refractivity (Wildman–Crippen MR) is 108 cm³/mol. The number of esters is 4. The van der Waals surface area contributed by atoms with Gasteiger partial charge in [-0.3, -0.25) is 19.2 Å². The van der Waals surface area contributed by atoms with Crippen LogP contribution in [0.15, 0.2) is 0 Å². The third-order valence-electron chi connectivity index (χ3n) is 4.31. The van der Waals surface area contributed by atoms with Crippen LogP contribution in [0.5, 0.6) is 0 Å². The fourth-order valence-electron chi connectivity index (χ4n) is 3.03. The molecule has 184 valence electrons. The van der Waals surface area contributed by atoms with E-state index in [1.165, 1.54) is 13.8 Å². The van der Waals surface area contributed by atoms with Crippen LogP contribution in [0.2, 0.25) is 0 Å². The minimum atomic E-state index is -1.24. The van der Waals surface area contributed by atoms with Gasteiger partial charge in [0.25, 0.3) is 0 Å². The van der Waals surface area contributed by atoms with Crippen LogP contribution in [0.25, 0.3) is 0 Å². The van der Waals surface area contributed by atoms with E-state index in [1.807, 2.05) is 0 Å². The van der Waals surface area contributed by atoms with Crippen molar-refractivity contribution in [2.24, 2.45) is 0 Å². The molecule has 1 fully saturated rings. The summed E-state index contributed by atoms with van der Waals surface area (Å²) in [5, 5.41) is 0. The normalized spacial score (nSPS) is 25.0. The molecule has 5 unspecified atom stereocenters. The van der Waals surface area contributed by atoms with Crippen LogP contribution in [0.4, 0.5) is 0 Å². The number of hydrogen-bond donors (Lipinski definition) is 0. The summed E-state index contributed by atoms with van der Waals surface area (Å²) in [5.74, 6) is -2.63. The molecule has 1 saturated heterocycles. The Morgan fingerprint density at radius 3 is 1.84 bits per heavy atom. The summed E-state index contributed by atoms with van der Waals surface area (Å²) in [7, 11) is 0. The maximum Gasteiger partial charge on any atom is 0.303 e. The molecule has 1 aliphatic rings. The molecule has 0 spiro atoms. The number of unbranched alkanes of at least 4 members (excludes halogenated alkanes) is 1. The first kappa shape index (κ1) is 27.8. The van der Waals surface area contributed by atoms with Gasteiger partial charge in [0.05, 0.1) is 6.61 Å². The van der Waals surface area contributed by atoms with E-state index in [4.69, 9.17) is 33.2 Å². The summed E-state index contributed by atoms with van der Waals surface area (Å²) in [4.78, 5) is 46.4. The highest BCUT2D eigenvalue weighted by Gasteiger charge is 2.52. The van der Waals surface area contributed by atoms with E-state index >= 15 is 0 Å². The standard InChI is InChI=1S/C21H34O11/c1-6-7-9-26-10-8-11-27-21-20(31-16(5)25)19(30-15(4)24)18(29-14(3)23)17(32-21)12-28-13(2)22/h17-21H,6-12H2,1-5H3. The maximum absolute atomic E-state index is 11.8. The molecule has 1 aliphatic heterocycles. The quantitative estimate of drug-likeness (QED) is 0.223. The molecular formula is C21H34O11. The first-order valence-corrected chi connectivity index (χ1v) is 10.7. The summed E-state index contributed by atoms with van der Waals surface area (Å²) < 4.78 is 38.0. The van der Waals surface area contributed by atoms with Crippen LogP contribution in [0.1, 0.15) is 53.9 Å². The summed E-state index contributed by atoms with van der Waals surface area (Å²) >= 11 is 0. The monoisotopic (exact) mass is 462 g/mol. The molecule has 1 rings (SSSR count). The zero-order valence-electron chi connectivity index (χ0n) is 19.3. The zero-order valence-corrected chi connectivity index (χ0v) is 19.3. The van der Waals surface area contributed by atoms with E-state index in [9.17, 15) is 19.2 Å². The second-order valence-electron chi connectivity index (χ2n) is 7.26. The van der Waals surface area contributed by atoms with Crippen molar-refractivity contribution in [2.45, 2.75) is 84.6 Å². The summed E-state index contributed by atoms with van der Waals surface area (Å²) in [5.41, 5.74) is 0. The molecule has 0 aromatic carbocycles. The van der Waals surface area contributed by atoms with Crippen molar-refractivity contribution in [3.8, 4) is 0 Å². The van der Waals surface area contributed by atoms with Gasteiger partial charge in [0, 0.05) is 40.9 Å². The van der Waals surface area contributed by atoms with Crippen molar-refractivity contribution >= 4 is 23.9 Å². The maximum atomic E-state index is 11.8. The topological polar surface area (TPSA) is 133 Å². The van der Waals surface area contributed by atoms with Crippen LogP contribution < -0.4 is 0 Å². The molecular weight excluding hydrogens is 428 g/mol. The Bertz CT molecular complexity index is 621. The molecule has 32 heavy (non-hydrogen) atoms.